The molecule has 1 heterocycles. The zero-order chi connectivity index (χ0) is 15.5. The number of furan rings is 1. The maximum absolute atomic E-state index is 12.4. The molecule has 0 bridgehead atoms. The van der Waals surface area contributed by atoms with Crippen molar-refractivity contribution in [3.05, 3.63) is 54.0 Å². The number of methoxy groups -OCH3 is 1. The molecule has 0 aliphatic rings. The van der Waals surface area contributed by atoms with Crippen LogP contribution in [-0.4, -0.2) is 21.5 Å². The number of benzene rings is 1. The Labute approximate surface area is 122 Å². The first-order valence-electron chi connectivity index (χ1n) is 6.19. The van der Waals surface area contributed by atoms with Crippen molar-refractivity contribution < 1.29 is 22.4 Å². The number of sulfonamides is 1. The second kappa shape index (κ2) is 6.11. The Balaban J connectivity index is 2.34. The Hall–Kier alpha value is -2.12. The van der Waals surface area contributed by atoms with Crippen molar-refractivity contribution in [1.29, 1.82) is 0 Å². The summed E-state index contributed by atoms with van der Waals surface area (Å²) in [5.74, 6) is -0.226. The van der Waals surface area contributed by atoms with Gasteiger partial charge in [-0.15, -0.1) is 0 Å². The predicted molar refractivity (Wildman–Crippen MR) is 75.2 cm³/mol. The topological polar surface area (TPSA) is 85.6 Å². The first kappa shape index (κ1) is 15.3. The Morgan fingerprint density at radius 3 is 2.57 bits per heavy atom. The first-order valence-corrected chi connectivity index (χ1v) is 7.67. The number of esters is 1. The molecule has 0 fully saturated rings. The molecule has 0 radical (unpaired) electrons. The average Bonchev–Trinajstić information content (AvgIpc) is 3.00. The largest absolute Gasteiger partial charge is 0.468 e. The van der Waals surface area contributed by atoms with Crippen LogP contribution < -0.4 is 4.72 Å². The standard InChI is InChI=1S/C14H15NO5S/c1-10(12-7-5-9-20-12)15-21(17,18)13-8-4-3-6-11(13)14(16)19-2/h3-10,15H,1-2H3. The second-order valence-corrected chi connectivity index (χ2v) is 6.03. The van der Waals surface area contributed by atoms with Crippen molar-refractivity contribution in [1.82, 2.24) is 4.72 Å². The minimum Gasteiger partial charge on any atom is -0.468 e. The molecule has 0 spiro atoms. The van der Waals surface area contributed by atoms with E-state index in [0.29, 0.717) is 5.76 Å². The molecule has 1 aromatic heterocycles. The van der Waals surface area contributed by atoms with Gasteiger partial charge in [-0.05, 0) is 31.2 Å². The SMILES string of the molecule is COC(=O)c1ccccc1S(=O)(=O)NC(C)c1ccco1. The van der Waals surface area contributed by atoms with E-state index >= 15 is 0 Å². The van der Waals surface area contributed by atoms with Gasteiger partial charge in [-0.3, -0.25) is 0 Å². The van der Waals surface area contributed by atoms with E-state index < -0.39 is 22.0 Å². The van der Waals surface area contributed by atoms with E-state index in [1.54, 1.807) is 31.2 Å². The Morgan fingerprint density at radius 1 is 1.24 bits per heavy atom. The normalized spacial score (nSPS) is 12.9. The number of rotatable bonds is 5. The van der Waals surface area contributed by atoms with Gasteiger partial charge < -0.3 is 9.15 Å². The fourth-order valence-corrected chi connectivity index (χ4v) is 3.28. The molecule has 21 heavy (non-hydrogen) atoms. The maximum atomic E-state index is 12.4. The lowest BCUT2D eigenvalue weighted by atomic mass is 10.2. The minimum atomic E-state index is -3.88. The highest BCUT2D eigenvalue weighted by Gasteiger charge is 2.25. The number of carbonyl (C=O) groups excluding carboxylic acids is 1. The molecule has 6 nitrogen and oxygen atoms in total. The molecule has 0 amide bonds. The molecule has 2 rings (SSSR count). The molecule has 1 unspecified atom stereocenters. The van der Waals surface area contributed by atoms with Crippen molar-refractivity contribution in [3.8, 4) is 0 Å². The summed E-state index contributed by atoms with van der Waals surface area (Å²) >= 11 is 0. The Kier molecular flexibility index (Phi) is 4.44. The van der Waals surface area contributed by atoms with E-state index in [4.69, 9.17) is 4.42 Å². The highest BCUT2D eigenvalue weighted by Crippen LogP contribution is 2.20. The molecule has 1 atom stereocenters. The quantitative estimate of drug-likeness (QED) is 0.855. The highest BCUT2D eigenvalue weighted by atomic mass is 32.2. The first-order chi connectivity index (χ1) is 9.95. The third-order valence-electron chi connectivity index (χ3n) is 2.88. The van der Waals surface area contributed by atoms with Gasteiger partial charge in [0.25, 0.3) is 0 Å². The van der Waals surface area contributed by atoms with E-state index in [2.05, 4.69) is 9.46 Å². The van der Waals surface area contributed by atoms with Gasteiger partial charge in [0.15, 0.2) is 0 Å². The second-order valence-electron chi connectivity index (χ2n) is 4.35. The fourth-order valence-electron chi connectivity index (χ4n) is 1.87. The summed E-state index contributed by atoms with van der Waals surface area (Å²) < 4.78 is 37.1. The van der Waals surface area contributed by atoms with Gasteiger partial charge in [-0.2, -0.15) is 0 Å². The summed E-state index contributed by atoms with van der Waals surface area (Å²) in [7, 11) is -2.68. The summed E-state index contributed by atoms with van der Waals surface area (Å²) in [5, 5.41) is 0. The molecule has 1 N–H and O–H groups in total. The Bertz CT molecular complexity index is 722. The molecule has 1 aromatic carbocycles. The van der Waals surface area contributed by atoms with Crippen molar-refractivity contribution in [3.63, 3.8) is 0 Å². The summed E-state index contributed by atoms with van der Waals surface area (Å²) in [6, 6.07) is 8.64. The molecule has 0 aliphatic carbocycles. The van der Waals surface area contributed by atoms with Gasteiger partial charge in [-0.1, -0.05) is 12.1 Å². The van der Waals surface area contributed by atoms with Crippen LogP contribution >= 0.6 is 0 Å². The molecular formula is C14H15NO5S. The van der Waals surface area contributed by atoms with Crippen molar-refractivity contribution in [2.45, 2.75) is 17.9 Å². The van der Waals surface area contributed by atoms with Gasteiger partial charge in [0.05, 0.1) is 29.9 Å². The minimum absolute atomic E-state index is 0.0147. The van der Waals surface area contributed by atoms with Crippen LogP contribution in [0.1, 0.15) is 29.1 Å². The average molecular weight is 309 g/mol. The molecular weight excluding hydrogens is 294 g/mol. The van der Waals surface area contributed by atoms with E-state index in [1.165, 1.54) is 25.5 Å². The number of carbonyl (C=O) groups is 1. The van der Waals surface area contributed by atoms with Crippen LogP contribution in [0.2, 0.25) is 0 Å². The smallest absolute Gasteiger partial charge is 0.339 e. The molecule has 7 heteroatoms. The van der Waals surface area contributed by atoms with Crippen molar-refractivity contribution in [2.75, 3.05) is 7.11 Å². The van der Waals surface area contributed by atoms with Gasteiger partial charge >= 0.3 is 5.97 Å². The van der Waals surface area contributed by atoms with Gasteiger partial charge in [0.1, 0.15) is 5.76 Å². The molecule has 0 aliphatic heterocycles. The van der Waals surface area contributed by atoms with Gasteiger partial charge in [-0.25, -0.2) is 17.9 Å². The lowest BCUT2D eigenvalue weighted by molar-refractivity contribution is 0.0596. The van der Waals surface area contributed by atoms with Gasteiger partial charge in [0.2, 0.25) is 10.0 Å². The summed E-state index contributed by atoms with van der Waals surface area (Å²) in [6.45, 7) is 1.65. The third-order valence-corrected chi connectivity index (χ3v) is 4.48. The van der Waals surface area contributed by atoms with Crippen LogP contribution in [0.4, 0.5) is 0 Å². The molecule has 0 saturated heterocycles. The fraction of sp³-hybridized carbons (Fsp3) is 0.214. The summed E-state index contributed by atoms with van der Waals surface area (Å²) in [5.41, 5.74) is -0.0147. The Morgan fingerprint density at radius 2 is 1.95 bits per heavy atom. The van der Waals surface area contributed by atoms with Crippen LogP contribution in [0.3, 0.4) is 0 Å². The summed E-state index contributed by atoms with van der Waals surface area (Å²) in [4.78, 5) is 11.5. The van der Waals surface area contributed by atoms with E-state index in [-0.39, 0.29) is 10.5 Å². The number of hydrogen-bond donors (Lipinski definition) is 1. The number of nitrogens with one attached hydrogen (secondary N) is 1. The third kappa shape index (κ3) is 3.32. The molecule has 112 valence electrons. The maximum Gasteiger partial charge on any atom is 0.339 e. The number of ether oxygens (including phenoxy) is 1. The van der Waals surface area contributed by atoms with Crippen molar-refractivity contribution in [2.24, 2.45) is 0 Å². The van der Waals surface area contributed by atoms with Crippen LogP contribution in [0.25, 0.3) is 0 Å². The van der Waals surface area contributed by atoms with E-state index in [1.807, 2.05) is 0 Å². The van der Waals surface area contributed by atoms with Crippen LogP contribution in [-0.2, 0) is 14.8 Å². The zero-order valence-corrected chi connectivity index (χ0v) is 12.4. The van der Waals surface area contributed by atoms with E-state index in [9.17, 15) is 13.2 Å². The monoisotopic (exact) mass is 309 g/mol. The zero-order valence-electron chi connectivity index (χ0n) is 11.6. The highest BCUT2D eigenvalue weighted by molar-refractivity contribution is 7.89. The molecule has 2 aromatic rings. The number of hydrogen-bond acceptors (Lipinski definition) is 5. The molecule has 0 saturated carbocycles. The predicted octanol–water partition coefficient (Wildman–Crippen LogP) is 2.11. The lowest BCUT2D eigenvalue weighted by Gasteiger charge is -2.14. The lowest BCUT2D eigenvalue weighted by Crippen LogP contribution is -2.28. The van der Waals surface area contributed by atoms with Crippen LogP contribution in [0.5, 0.6) is 0 Å². The van der Waals surface area contributed by atoms with E-state index in [0.717, 1.165) is 0 Å². The van der Waals surface area contributed by atoms with Crippen LogP contribution in [0, 0.1) is 0 Å². The van der Waals surface area contributed by atoms with Crippen molar-refractivity contribution >= 4 is 16.0 Å². The van der Waals surface area contributed by atoms with Gasteiger partial charge in [0, 0.05) is 0 Å². The van der Waals surface area contributed by atoms with Crippen LogP contribution in [0.15, 0.2) is 52.0 Å². The summed E-state index contributed by atoms with van der Waals surface area (Å²) in [6.07, 6.45) is 1.46.